The maximum Gasteiger partial charge on any atom is 0.574 e. The van der Waals surface area contributed by atoms with Crippen molar-refractivity contribution in [3.05, 3.63) is 17.3 Å². The fourth-order valence-electron chi connectivity index (χ4n) is 1.30. The number of alkyl halides is 6. The van der Waals surface area contributed by atoms with Gasteiger partial charge >= 0.3 is 12.5 Å². The monoisotopic (exact) mass is 300 g/mol. The van der Waals surface area contributed by atoms with E-state index in [9.17, 15) is 26.3 Å². The summed E-state index contributed by atoms with van der Waals surface area (Å²) in [5.41, 5.74) is -2.23. The van der Waals surface area contributed by atoms with Gasteiger partial charge in [-0.3, -0.25) is 0 Å². The molecule has 0 aliphatic carbocycles. The van der Waals surface area contributed by atoms with Gasteiger partial charge in [-0.25, -0.2) is 4.98 Å². The molecule has 0 radical (unpaired) electrons. The molecule has 0 saturated carbocycles. The Kier molecular flexibility index (Phi) is 4.32. The van der Waals surface area contributed by atoms with E-state index in [1.54, 1.807) is 0 Å². The first-order chi connectivity index (χ1) is 9.08. The molecule has 110 valence electrons. The average Bonchev–Trinajstić information content (AvgIpc) is 2.26. The second-order valence-corrected chi connectivity index (χ2v) is 3.37. The molecule has 0 bridgehead atoms. The highest BCUT2D eigenvalue weighted by atomic mass is 19.4. The van der Waals surface area contributed by atoms with Gasteiger partial charge in [0.15, 0.2) is 5.75 Å². The van der Waals surface area contributed by atoms with Crippen molar-refractivity contribution in [2.45, 2.75) is 19.0 Å². The molecule has 4 nitrogen and oxygen atoms in total. The molecule has 0 atom stereocenters. The zero-order chi connectivity index (χ0) is 15.6. The summed E-state index contributed by atoms with van der Waals surface area (Å²) in [7, 11) is 0.865. The van der Waals surface area contributed by atoms with Gasteiger partial charge in [-0.15, -0.1) is 13.2 Å². The van der Waals surface area contributed by atoms with Crippen molar-refractivity contribution in [2.75, 3.05) is 7.11 Å². The van der Waals surface area contributed by atoms with Gasteiger partial charge in [0.1, 0.15) is 0 Å². The van der Waals surface area contributed by atoms with E-state index in [-0.39, 0.29) is 0 Å². The molecule has 0 aliphatic rings. The summed E-state index contributed by atoms with van der Waals surface area (Å²) in [5.74, 6) is -2.02. The summed E-state index contributed by atoms with van der Waals surface area (Å²) in [4.78, 5) is 3.08. The van der Waals surface area contributed by atoms with Crippen LogP contribution in [0.15, 0.2) is 6.07 Å². The Balaban J connectivity index is 3.41. The number of aromatic nitrogens is 1. The third-order valence-corrected chi connectivity index (χ3v) is 2.02. The number of halogens is 6. The molecule has 1 aromatic rings. The number of ether oxygens (including phenoxy) is 2. The topological polar surface area (TPSA) is 55.1 Å². The van der Waals surface area contributed by atoms with Crippen molar-refractivity contribution in [1.29, 1.82) is 5.26 Å². The van der Waals surface area contributed by atoms with Crippen LogP contribution in [0.5, 0.6) is 11.6 Å². The normalized spacial score (nSPS) is 11.9. The first-order valence-electron chi connectivity index (χ1n) is 4.86. The van der Waals surface area contributed by atoms with E-state index >= 15 is 0 Å². The van der Waals surface area contributed by atoms with Gasteiger partial charge in [0.2, 0.25) is 0 Å². The van der Waals surface area contributed by atoms with Gasteiger partial charge in [-0.05, 0) is 6.07 Å². The van der Waals surface area contributed by atoms with E-state index in [0.29, 0.717) is 6.07 Å². The largest absolute Gasteiger partial charge is 0.574 e. The Labute approximate surface area is 108 Å². The number of pyridine rings is 1. The number of methoxy groups -OCH3 is 1. The van der Waals surface area contributed by atoms with Crippen LogP contribution in [0.25, 0.3) is 0 Å². The van der Waals surface area contributed by atoms with Gasteiger partial charge in [0, 0.05) is 0 Å². The predicted molar refractivity (Wildman–Crippen MR) is 51.8 cm³/mol. The molecule has 0 spiro atoms. The average molecular weight is 300 g/mol. The van der Waals surface area contributed by atoms with Crippen LogP contribution in [-0.4, -0.2) is 18.5 Å². The minimum atomic E-state index is -5.15. The lowest BCUT2D eigenvalue weighted by Gasteiger charge is -2.16. The number of hydrogen-bond donors (Lipinski definition) is 0. The molecule has 0 unspecified atom stereocenters. The second kappa shape index (κ2) is 5.44. The van der Waals surface area contributed by atoms with Crippen LogP contribution in [0.2, 0.25) is 0 Å². The molecule has 0 amide bonds. The van der Waals surface area contributed by atoms with Crippen molar-refractivity contribution in [3.63, 3.8) is 0 Å². The summed E-state index contributed by atoms with van der Waals surface area (Å²) in [6.07, 6.45) is -10.9. The molecule has 1 aromatic heterocycles. The molecule has 0 saturated heterocycles. The molecule has 10 heteroatoms. The molecule has 1 heterocycles. The van der Waals surface area contributed by atoms with Crippen LogP contribution in [0.1, 0.15) is 11.3 Å². The minimum absolute atomic E-state index is 0.306. The number of nitriles is 1. The van der Waals surface area contributed by atoms with Crippen LogP contribution >= 0.6 is 0 Å². The Morgan fingerprint density at radius 1 is 1.25 bits per heavy atom. The van der Waals surface area contributed by atoms with Gasteiger partial charge in [0.05, 0.1) is 30.9 Å². The summed E-state index contributed by atoms with van der Waals surface area (Å²) >= 11 is 0. The van der Waals surface area contributed by atoms with E-state index in [1.807, 2.05) is 0 Å². The molecular weight excluding hydrogens is 294 g/mol. The van der Waals surface area contributed by atoms with Crippen LogP contribution in [0.3, 0.4) is 0 Å². The number of rotatable bonds is 3. The minimum Gasteiger partial charge on any atom is -0.491 e. The SMILES string of the molecule is COc1cc(C(F)(F)F)c(CC#N)nc1OC(F)(F)F. The number of hydrogen-bond acceptors (Lipinski definition) is 4. The van der Waals surface area contributed by atoms with Crippen LogP contribution in [0.4, 0.5) is 26.3 Å². The van der Waals surface area contributed by atoms with Crippen molar-refractivity contribution in [1.82, 2.24) is 4.98 Å². The summed E-state index contributed by atoms with van der Waals surface area (Å²) < 4.78 is 82.2. The van der Waals surface area contributed by atoms with Crippen molar-refractivity contribution < 1.29 is 35.8 Å². The molecule has 0 fully saturated rings. The highest BCUT2D eigenvalue weighted by Gasteiger charge is 2.38. The van der Waals surface area contributed by atoms with Crippen molar-refractivity contribution >= 4 is 0 Å². The molecule has 0 aromatic carbocycles. The zero-order valence-corrected chi connectivity index (χ0v) is 9.76. The maximum atomic E-state index is 12.7. The van der Waals surface area contributed by atoms with E-state index < -0.39 is 41.8 Å². The highest BCUT2D eigenvalue weighted by Crippen LogP contribution is 2.38. The molecule has 0 N–H and O–H groups in total. The van der Waals surface area contributed by atoms with E-state index in [4.69, 9.17) is 5.26 Å². The maximum absolute atomic E-state index is 12.7. The Morgan fingerprint density at radius 3 is 2.25 bits per heavy atom. The molecule has 0 aliphatic heterocycles. The quantitative estimate of drug-likeness (QED) is 0.805. The van der Waals surface area contributed by atoms with Gasteiger partial charge < -0.3 is 9.47 Å². The fraction of sp³-hybridized carbons (Fsp3) is 0.400. The summed E-state index contributed by atoms with van der Waals surface area (Å²) in [6.45, 7) is 0. The van der Waals surface area contributed by atoms with Gasteiger partial charge in [-0.2, -0.15) is 18.4 Å². The lowest BCUT2D eigenvalue weighted by molar-refractivity contribution is -0.276. The summed E-state index contributed by atoms with van der Waals surface area (Å²) in [6, 6.07) is 1.69. The van der Waals surface area contributed by atoms with Crippen LogP contribution in [0, 0.1) is 11.3 Å². The Hall–Kier alpha value is -2.18. The van der Waals surface area contributed by atoms with Gasteiger partial charge in [-0.1, -0.05) is 0 Å². The molecular formula is C10H6F6N2O2. The van der Waals surface area contributed by atoms with Crippen LogP contribution in [-0.2, 0) is 12.6 Å². The van der Waals surface area contributed by atoms with E-state index in [1.165, 1.54) is 6.07 Å². The van der Waals surface area contributed by atoms with E-state index in [2.05, 4.69) is 14.5 Å². The van der Waals surface area contributed by atoms with Crippen molar-refractivity contribution in [2.24, 2.45) is 0 Å². The fourth-order valence-corrected chi connectivity index (χ4v) is 1.30. The third kappa shape index (κ3) is 3.91. The number of nitrogens with zero attached hydrogens (tertiary/aromatic N) is 2. The highest BCUT2D eigenvalue weighted by molar-refractivity contribution is 5.42. The van der Waals surface area contributed by atoms with Gasteiger partial charge in [0.25, 0.3) is 5.88 Å². The zero-order valence-electron chi connectivity index (χ0n) is 9.76. The third-order valence-electron chi connectivity index (χ3n) is 2.02. The Morgan fingerprint density at radius 2 is 1.85 bits per heavy atom. The lowest BCUT2D eigenvalue weighted by atomic mass is 10.1. The lowest BCUT2D eigenvalue weighted by Crippen LogP contribution is -2.20. The molecule has 1 rings (SSSR count). The first-order valence-corrected chi connectivity index (χ1v) is 4.86. The second-order valence-electron chi connectivity index (χ2n) is 3.37. The standard InChI is InChI=1S/C10H6F6N2O2/c1-19-7-4-5(9(11,12)13)6(2-3-17)18-8(7)20-10(14,15)16/h4H,2H2,1H3. The first kappa shape index (κ1) is 15.9. The van der Waals surface area contributed by atoms with Crippen molar-refractivity contribution in [3.8, 4) is 17.7 Å². The molecule has 20 heavy (non-hydrogen) atoms. The van der Waals surface area contributed by atoms with E-state index in [0.717, 1.165) is 7.11 Å². The summed E-state index contributed by atoms with van der Waals surface area (Å²) in [5, 5.41) is 8.41. The smallest absolute Gasteiger partial charge is 0.491 e. The van der Waals surface area contributed by atoms with Crippen LogP contribution < -0.4 is 9.47 Å². The predicted octanol–water partition coefficient (Wildman–Crippen LogP) is 3.07. The Bertz CT molecular complexity index is 532.